The molecule has 1 unspecified atom stereocenters. The van der Waals surface area contributed by atoms with Gasteiger partial charge in [0.15, 0.2) is 23.2 Å². The zero-order valence-electron chi connectivity index (χ0n) is 21.5. The molecule has 0 amide bonds. The number of aryl methyl sites for hydroxylation is 1. The fraction of sp³-hybridized carbons (Fsp3) is 0.310. The van der Waals surface area contributed by atoms with Crippen LogP contribution in [0.25, 0.3) is 11.8 Å². The van der Waals surface area contributed by atoms with Crippen molar-refractivity contribution in [3.63, 3.8) is 0 Å². The minimum atomic E-state index is -1.53. The summed E-state index contributed by atoms with van der Waals surface area (Å²) in [6, 6.07) is 6.84. The summed E-state index contributed by atoms with van der Waals surface area (Å²) in [5.41, 5.74) is 4.61. The van der Waals surface area contributed by atoms with Gasteiger partial charge >= 0.3 is 0 Å². The van der Waals surface area contributed by atoms with Crippen LogP contribution >= 0.6 is 0 Å². The number of benzene rings is 2. The summed E-state index contributed by atoms with van der Waals surface area (Å²) in [6.45, 7) is 5.10. The molecule has 6 nitrogen and oxygen atoms in total. The van der Waals surface area contributed by atoms with E-state index in [1.807, 2.05) is 65.0 Å². The van der Waals surface area contributed by atoms with E-state index in [4.69, 9.17) is 4.74 Å². The first-order valence-electron chi connectivity index (χ1n) is 12.6. The lowest BCUT2D eigenvalue weighted by Gasteiger charge is -2.34. The summed E-state index contributed by atoms with van der Waals surface area (Å²) < 4.78 is 49.4. The molecular formula is C29H29F3N4O2. The number of ether oxygens (including phenoxy) is 1. The number of hydrazine groups is 1. The van der Waals surface area contributed by atoms with E-state index in [1.165, 1.54) is 0 Å². The number of halogens is 3. The Hall–Kier alpha value is -3.85. The van der Waals surface area contributed by atoms with Crippen LogP contribution in [0, 0.1) is 24.4 Å². The predicted octanol–water partition coefficient (Wildman–Crippen LogP) is 5.92. The van der Waals surface area contributed by atoms with Crippen molar-refractivity contribution in [2.45, 2.75) is 39.2 Å². The normalized spacial score (nSPS) is 18.4. The summed E-state index contributed by atoms with van der Waals surface area (Å²) >= 11 is 0. The third-order valence-corrected chi connectivity index (χ3v) is 7.07. The lowest BCUT2D eigenvalue weighted by Crippen LogP contribution is -2.40. The number of fused-ring (bicyclic) bond motifs is 1. The quantitative estimate of drug-likeness (QED) is 0.376. The van der Waals surface area contributed by atoms with Crippen LogP contribution < -0.4 is 4.74 Å². The third kappa shape index (κ3) is 4.74. The Labute approximate surface area is 219 Å². The molecule has 198 valence electrons. The average molecular weight is 523 g/mol. The molecule has 9 heteroatoms. The molecule has 5 rings (SSSR count). The summed E-state index contributed by atoms with van der Waals surface area (Å²) in [5.74, 6) is -3.61. The number of imidazole rings is 1. The number of nitrogens with zero attached hydrogens (tertiary/aromatic N) is 4. The highest BCUT2D eigenvalue weighted by Gasteiger charge is 2.39. The molecule has 0 radical (unpaired) electrons. The van der Waals surface area contributed by atoms with Gasteiger partial charge in [-0.25, -0.2) is 23.2 Å². The predicted molar refractivity (Wildman–Crippen MR) is 138 cm³/mol. The standard InChI is InChI=1S/C29H29F3N4O2/c1-4-20-15-26(37)29(21-13-22(30)28(32)23(31)14-21)36-11-5-10-35(36)24(20)8-6-19-7-9-25(27(12-19)38-3)34-16-18(2)33-17-34/h6-9,12-14,16-17,29H,4-5,10-11,15H2,1-3H3. The number of rotatable bonds is 6. The largest absolute Gasteiger partial charge is 0.495 e. The molecule has 0 spiro atoms. The minimum Gasteiger partial charge on any atom is -0.495 e. The maximum absolute atomic E-state index is 14.1. The zero-order valence-corrected chi connectivity index (χ0v) is 21.5. The fourth-order valence-electron chi connectivity index (χ4n) is 5.25. The smallest absolute Gasteiger partial charge is 0.194 e. The lowest BCUT2D eigenvalue weighted by molar-refractivity contribution is -0.127. The molecular weight excluding hydrogens is 493 g/mol. The third-order valence-electron chi connectivity index (χ3n) is 7.07. The van der Waals surface area contributed by atoms with Crippen molar-refractivity contribution in [2.24, 2.45) is 0 Å². The Morgan fingerprint density at radius 2 is 1.87 bits per heavy atom. The Balaban J connectivity index is 1.49. The van der Waals surface area contributed by atoms with E-state index in [2.05, 4.69) is 4.98 Å². The molecule has 0 bridgehead atoms. The van der Waals surface area contributed by atoms with Gasteiger partial charge < -0.3 is 14.3 Å². The van der Waals surface area contributed by atoms with Crippen LogP contribution in [0.1, 0.15) is 49.0 Å². The van der Waals surface area contributed by atoms with Gasteiger partial charge in [-0.3, -0.25) is 4.79 Å². The molecule has 1 fully saturated rings. The van der Waals surface area contributed by atoms with Gasteiger partial charge in [0, 0.05) is 25.7 Å². The van der Waals surface area contributed by atoms with Crippen LogP contribution in [0.4, 0.5) is 13.2 Å². The molecule has 1 atom stereocenters. The molecule has 1 saturated heterocycles. The Bertz CT molecular complexity index is 1420. The van der Waals surface area contributed by atoms with Crippen LogP contribution in [-0.2, 0) is 4.79 Å². The summed E-state index contributed by atoms with van der Waals surface area (Å²) in [7, 11) is 1.62. The highest BCUT2D eigenvalue weighted by Crippen LogP contribution is 2.38. The number of carbonyl (C=O) groups excluding carboxylic acids is 1. The van der Waals surface area contributed by atoms with Crippen molar-refractivity contribution in [2.75, 3.05) is 20.2 Å². The van der Waals surface area contributed by atoms with Gasteiger partial charge in [-0.05, 0) is 66.8 Å². The fourth-order valence-corrected chi connectivity index (χ4v) is 5.25. The molecule has 2 aromatic carbocycles. The molecule has 0 saturated carbocycles. The van der Waals surface area contributed by atoms with E-state index in [-0.39, 0.29) is 17.8 Å². The van der Waals surface area contributed by atoms with Crippen molar-refractivity contribution in [1.82, 2.24) is 19.6 Å². The highest BCUT2D eigenvalue weighted by atomic mass is 19.2. The second-order valence-electron chi connectivity index (χ2n) is 9.51. The van der Waals surface area contributed by atoms with E-state index in [9.17, 15) is 18.0 Å². The van der Waals surface area contributed by atoms with Gasteiger partial charge in [-0.2, -0.15) is 0 Å². The molecule has 0 aliphatic carbocycles. The monoisotopic (exact) mass is 522 g/mol. The van der Waals surface area contributed by atoms with Gasteiger partial charge in [0.05, 0.1) is 30.5 Å². The van der Waals surface area contributed by atoms with Crippen LogP contribution in [0.3, 0.4) is 0 Å². The second kappa shape index (κ2) is 10.5. The van der Waals surface area contributed by atoms with Crippen LogP contribution in [0.5, 0.6) is 5.75 Å². The van der Waals surface area contributed by atoms with Crippen LogP contribution in [0.2, 0.25) is 0 Å². The zero-order chi connectivity index (χ0) is 27.0. The molecule has 0 N–H and O–H groups in total. The number of aromatic nitrogens is 2. The molecule has 38 heavy (non-hydrogen) atoms. The number of hydrogen-bond acceptors (Lipinski definition) is 5. The number of allylic oxidation sites excluding steroid dienone is 2. The molecule has 2 aliphatic heterocycles. The molecule has 3 heterocycles. The van der Waals surface area contributed by atoms with E-state index in [1.54, 1.807) is 13.4 Å². The van der Waals surface area contributed by atoms with Gasteiger partial charge in [-0.15, -0.1) is 0 Å². The van der Waals surface area contributed by atoms with Crippen molar-refractivity contribution in [3.8, 4) is 11.4 Å². The lowest BCUT2D eigenvalue weighted by atomic mass is 9.95. The maximum atomic E-state index is 14.1. The van der Waals surface area contributed by atoms with E-state index in [0.29, 0.717) is 25.3 Å². The Morgan fingerprint density at radius 1 is 1.11 bits per heavy atom. The van der Waals surface area contributed by atoms with Crippen molar-refractivity contribution >= 4 is 11.9 Å². The van der Waals surface area contributed by atoms with Crippen molar-refractivity contribution < 1.29 is 22.7 Å². The molecule has 3 aromatic rings. The van der Waals surface area contributed by atoms with Gasteiger partial charge in [0.2, 0.25) is 0 Å². The SMILES string of the molecule is CCC1=C(C=Cc2ccc(-n3cnc(C)c3)c(OC)c2)N2CCCN2C(c2cc(F)c(F)c(F)c2)C(=O)C1. The topological polar surface area (TPSA) is 50.6 Å². The highest BCUT2D eigenvalue weighted by molar-refractivity contribution is 5.88. The number of carbonyl (C=O) groups is 1. The van der Waals surface area contributed by atoms with Crippen molar-refractivity contribution in [3.05, 3.63) is 94.5 Å². The minimum absolute atomic E-state index is 0.119. The first kappa shape index (κ1) is 25.8. The van der Waals surface area contributed by atoms with Gasteiger partial charge in [0.1, 0.15) is 11.8 Å². The summed E-state index contributed by atoms with van der Waals surface area (Å²) in [5, 5.41) is 3.87. The van der Waals surface area contributed by atoms with E-state index < -0.39 is 23.5 Å². The average Bonchev–Trinajstić information content (AvgIpc) is 3.53. The number of methoxy groups -OCH3 is 1. The first-order valence-corrected chi connectivity index (χ1v) is 12.6. The summed E-state index contributed by atoms with van der Waals surface area (Å²) in [6.07, 6.45) is 9.15. The number of ketones is 1. The molecule has 2 aliphatic rings. The second-order valence-corrected chi connectivity index (χ2v) is 9.51. The maximum Gasteiger partial charge on any atom is 0.194 e. The Kier molecular flexibility index (Phi) is 7.12. The number of hydrogen-bond donors (Lipinski definition) is 0. The van der Waals surface area contributed by atoms with Crippen LogP contribution in [0.15, 0.2) is 60.2 Å². The van der Waals surface area contributed by atoms with Crippen LogP contribution in [-0.4, -0.2) is 45.6 Å². The van der Waals surface area contributed by atoms with E-state index in [0.717, 1.165) is 46.8 Å². The molecule has 1 aromatic heterocycles. The first-order chi connectivity index (χ1) is 18.3. The van der Waals surface area contributed by atoms with Gasteiger partial charge in [-0.1, -0.05) is 19.1 Å². The summed E-state index contributed by atoms with van der Waals surface area (Å²) in [4.78, 5) is 17.7. The Morgan fingerprint density at radius 3 is 2.53 bits per heavy atom. The van der Waals surface area contributed by atoms with E-state index >= 15 is 0 Å². The van der Waals surface area contributed by atoms with Gasteiger partial charge in [0.25, 0.3) is 0 Å². The van der Waals surface area contributed by atoms with Crippen molar-refractivity contribution in [1.29, 1.82) is 0 Å². The number of Topliss-reactive ketones (excluding diaryl/α,β-unsaturated/α-hetero) is 1.